The maximum Gasteiger partial charge on any atom is 0.387 e. The van der Waals surface area contributed by atoms with Gasteiger partial charge in [-0.1, -0.05) is 11.6 Å². The molecule has 1 aliphatic heterocycles. The largest absolute Gasteiger partial charge is 0.495 e. The van der Waals surface area contributed by atoms with Gasteiger partial charge in [-0.15, -0.1) is 0 Å². The molecular weight excluding hydrogens is 436 g/mol. The van der Waals surface area contributed by atoms with E-state index in [0.29, 0.717) is 13.0 Å². The van der Waals surface area contributed by atoms with Crippen LogP contribution < -0.4 is 15.0 Å². The summed E-state index contributed by atoms with van der Waals surface area (Å²) in [5, 5.41) is 9.97. The molecule has 1 unspecified atom stereocenters. The molecule has 10 heteroatoms. The van der Waals surface area contributed by atoms with Crippen molar-refractivity contribution in [2.75, 3.05) is 13.7 Å². The minimum atomic E-state index is -3.09. The van der Waals surface area contributed by atoms with Gasteiger partial charge in [-0.05, 0) is 37.5 Å². The molecule has 1 aromatic carbocycles. The Morgan fingerprint density at radius 2 is 2.03 bits per heavy atom. The molecule has 2 atom stereocenters. The van der Waals surface area contributed by atoms with Gasteiger partial charge in [0.15, 0.2) is 0 Å². The number of carbonyl (C=O) groups is 1. The number of alkyl halides is 2. The number of pyridine rings is 1. The van der Waals surface area contributed by atoms with Gasteiger partial charge in [0.05, 0.1) is 19.4 Å². The van der Waals surface area contributed by atoms with Gasteiger partial charge in [0.1, 0.15) is 17.5 Å². The Bertz CT molecular complexity index is 990. The lowest BCUT2D eigenvalue weighted by Crippen LogP contribution is -2.33. The standard InChI is InChI=1S/C21H22ClF2NO6/c1-29-18-11-25(16(20(27)28)9-13-4-2-3-7-30-13)19(26)10-15(18)14-8-12(22)5-6-17(14)31-21(23)24/h5-6,8,10-11,13,16,21H,2-4,7,9H2,1H3,(H,27,28)/t13-,16?/m1/s1. The van der Waals surface area contributed by atoms with E-state index in [9.17, 15) is 23.5 Å². The van der Waals surface area contributed by atoms with Gasteiger partial charge in [0.2, 0.25) is 0 Å². The third-order valence-corrected chi connectivity index (χ3v) is 5.33. The summed E-state index contributed by atoms with van der Waals surface area (Å²) in [5.41, 5.74) is -0.363. The summed E-state index contributed by atoms with van der Waals surface area (Å²) < 4.78 is 42.2. The van der Waals surface area contributed by atoms with E-state index < -0.39 is 24.2 Å². The highest BCUT2D eigenvalue weighted by Gasteiger charge is 2.28. The smallest absolute Gasteiger partial charge is 0.387 e. The molecule has 1 aromatic heterocycles. The van der Waals surface area contributed by atoms with Crippen LogP contribution in [0.15, 0.2) is 35.3 Å². The van der Waals surface area contributed by atoms with Crippen molar-refractivity contribution in [3.05, 3.63) is 45.8 Å². The van der Waals surface area contributed by atoms with Crippen LogP contribution in [0.5, 0.6) is 11.5 Å². The van der Waals surface area contributed by atoms with E-state index in [4.69, 9.17) is 21.1 Å². The van der Waals surface area contributed by atoms with Gasteiger partial charge in [-0.25, -0.2) is 4.79 Å². The Morgan fingerprint density at radius 1 is 1.29 bits per heavy atom. The zero-order valence-corrected chi connectivity index (χ0v) is 17.5. The number of aliphatic carboxylic acids is 1. The monoisotopic (exact) mass is 457 g/mol. The Hall–Kier alpha value is -2.65. The highest BCUT2D eigenvalue weighted by Crippen LogP contribution is 2.38. The van der Waals surface area contributed by atoms with E-state index >= 15 is 0 Å². The maximum absolute atomic E-state index is 12.9. The summed E-state index contributed by atoms with van der Waals surface area (Å²) in [6, 6.07) is 3.96. The second-order valence-electron chi connectivity index (χ2n) is 7.10. The number of carboxylic acid groups (broad SMARTS) is 1. The fourth-order valence-corrected chi connectivity index (χ4v) is 3.80. The second-order valence-corrected chi connectivity index (χ2v) is 7.53. The fraction of sp³-hybridized carbons (Fsp3) is 0.429. The summed E-state index contributed by atoms with van der Waals surface area (Å²) in [6.45, 7) is -2.53. The van der Waals surface area contributed by atoms with E-state index in [0.717, 1.165) is 23.5 Å². The minimum Gasteiger partial charge on any atom is -0.495 e. The molecule has 2 aromatic rings. The third kappa shape index (κ3) is 5.54. The molecule has 0 saturated carbocycles. The summed E-state index contributed by atoms with van der Waals surface area (Å²) in [7, 11) is 1.33. The quantitative estimate of drug-likeness (QED) is 0.633. The number of ether oxygens (including phenoxy) is 3. The van der Waals surface area contributed by atoms with Gasteiger partial charge >= 0.3 is 12.6 Å². The zero-order valence-electron chi connectivity index (χ0n) is 16.7. The van der Waals surface area contributed by atoms with Crippen molar-refractivity contribution in [2.45, 2.75) is 44.4 Å². The predicted molar refractivity (Wildman–Crippen MR) is 109 cm³/mol. The minimum absolute atomic E-state index is 0.108. The van der Waals surface area contributed by atoms with Crippen LogP contribution in [0.2, 0.25) is 5.02 Å². The number of nitrogens with zero attached hydrogens (tertiary/aromatic N) is 1. The van der Waals surface area contributed by atoms with E-state index in [1.165, 1.54) is 31.5 Å². The molecule has 7 nitrogen and oxygen atoms in total. The topological polar surface area (TPSA) is 87.0 Å². The van der Waals surface area contributed by atoms with Crippen LogP contribution in [0.4, 0.5) is 8.78 Å². The first-order valence-electron chi connectivity index (χ1n) is 9.69. The number of hydrogen-bond donors (Lipinski definition) is 1. The van der Waals surface area contributed by atoms with E-state index in [1.54, 1.807) is 0 Å². The number of benzene rings is 1. The van der Waals surface area contributed by atoms with Crippen LogP contribution in [0, 0.1) is 0 Å². The van der Waals surface area contributed by atoms with Crippen LogP contribution in [0.3, 0.4) is 0 Å². The van der Waals surface area contributed by atoms with Crippen LogP contribution in [0.25, 0.3) is 11.1 Å². The van der Waals surface area contributed by atoms with Crippen LogP contribution in [-0.4, -0.2) is 42.1 Å². The number of methoxy groups -OCH3 is 1. The molecular formula is C21H22ClF2NO6. The summed E-state index contributed by atoms with van der Waals surface area (Å²) in [5.74, 6) is -1.27. The van der Waals surface area contributed by atoms with Gasteiger partial charge in [0, 0.05) is 35.2 Å². The van der Waals surface area contributed by atoms with Crippen molar-refractivity contribution in [1.29, 1.82) is 0 Å². The lowest BCUT2D eigenvalue weighted by atomic mass is 10.0. The average Bonchev–Trinajstić information content (AvgIpc) is 2.73. The summed E-state index contributed by atoms with van der Waals surface area (Å²) >= 11 is 6.01. The molecule has 0 spiro atoms. The molecule has 31 heavy (non-hydrogen) atoms. The van der Waals surface area contributed by atoms with Crippen molar-refractivity contribution in [3.63, 3.8) is 0 Å². The van der Waals surface area contributed by atoms with Crippen molar-refractivity contribution in [3.8, 4) is 22.6 Å². The van der Waals surface area contributed by atoms with Gasteiger partial charge < -0.3 is 19.3 Å². The SMILES string of the molecule is COc1cn(C(C[C@H]2CCCCO2)C(=O)O)c(=O)cc1-c1cc(Cl)ccc1OC(F)F. The third-order valence-electron chi connectivity index (χ3n) is 5.09. The molecule has 2 heterocycles. The molecule has 1 N–H and O–H groups in total. The van der Waals surface area contributed by atoms with Crippen molar-refractivity contribution < 1.29 is 32.9 Å². The number of hydrogen-bond acceptors (Lipinski definition) is 5. The molecule has 3 rings (SSSR count). The Labute approximate surface area is 182 Å². The van der Waals surface area contributed by atoms with Crippen molar-refractivity contribution in [1.82, 2.24) is 4.57 Å². The van der Waals surface area contributed by atoms with Crippen molar-refractivity contribution in [2.24, 2.45) is 0 Å². The normalized spacial score (nSPS) is 17.4. The van der Waals surface area contributed by atoms with Crippen molar-refractivity contribution >= 4 is 17.6 Å². The zero-order chi connectivity index (χ0) is 22.5. The maximum atomic E-state index is 12.9. The number of rotatable bonds is 8. The molecule has 0 bridgehead atoms. The first-order chi connectivity index (χ1) is 14.8. The molecule has 168 valence electrons. The Balaban J connectivity index is 2.05. The number of aromatic nitrogens is 1. The van der Waals surface area contributed by atoms with E-state index in [1.807, 2.05) is 0 Å². The summed E-state index contributed by atoms with van der Waals surface area (Å²) in [4.78, 5) is 24.8. The van der Waals surface area contributed by atoms with Crippen LogP contribution in [0.1, 0.15) is 31.7 Å². The van der Waals surface area contributed by atoms with Gasteiger partial charge in [-0.2, -0.15) is 8.78 Å². The van der Waals surface area contributed by atoms with E-state index in [-0.39, 0.29) is 40.2 Å². The molecule has 1 aliphatic rings. The lowest BCUT2D eigenvalue weighted by molar-refractivity contribution is -0.142. The Kier molecular flexibility index (Phi) is 7.50. The van der Waals surface area contributed by atoms with Gasteiger partial charge in [0.25, 0.3) is 5.56 Å². The fourth-order valence-electron chi connectivity index (χ4n) is 3.63. The average molecular weight is 458 g/mol. The van der Waals surface area contributed by atoms with Gasteiger partial charge in [-0.3, -0.25) is 9.36 Å². The summed E-state index contributed by atoms with van der Waals surface area (Å²) in [6.07, 6.45) is 3.66. The first kappa shape index (κ1) is 23.0. The number of halogens is 3. The molecule has 0 radical (unpaired) electrons. The highest BCUT2D eigenvalue weighted by molar-refractivity contribution is 6.31. The molecule has 0 amide bonds. The van der Waals surface area contributed by atoms with E-state index in [2.05, 4.69) is 4.74 Å². The van der Waals surface area contributed by atoms with Crippen LogP contribution in [-0.2, 0) is 9.53 Å². The molecule has 1 fully saturated rings. The second kappa shape index (κ2) is 10.1. The molecule has 0 aliphatic carbocycles. The lowest BCUT2D eigenvalue weighted by Gasteiger charge is -2.26. The predicted octanol–water partition coefficient (Wildman–Crippen LogP) is 4.36. The number of carboxylic acids is 1. The highest BCUT2D eigenvalue weighted by atomic mass is 35.5. The molecule has 1 saturated heterocycles. The first-order valence-corrected chi connectivity index (χ1v) is 10.1. The van der Waals surface area contributed by atoms with Crippen LogP contribution >= 0.6 is 11.6 Å². The Morgan fingerprint density at radius 3 is 2.65 bits per heavy atom.